The monoisotopic (exact) mass is 259 g/mol. The normalized spacial score (nSPS) is 9.93. The molecule has 0 atom stereocenters. The summed E-state index contributed by atoms with van der Waals surface area (Å²) in [6, 6.07) is 1.72. The molecule has 4 nitrogen and oxygen atoms in total. The van der Waals surface area contributed by atoms with E-state index in [1.807, 2.05) is 6.92 Å². The number of rotatable bonds is 3. The Morgan fingerprint density at radius 3 is 2.79 bits per heavy atom. The fourth-order valence-electron chi connectivity index (χ4n) is 1.11. The van der Waals surface area contributed by atoms with E-state index in [4.69, 9.17) is 9.84 Å². The van der Waals surface area contributed by atoms with Gasteiger partial charge in [0.2, 0.25) is 5.88 Å². The zero-order valence-corrected chi connectivity index (χ0v) is 9.46. The molecule has 14 heavy (non-hydrogen) atoms. The SMILES string of the molecule is CCc1cc(Br)c(OC)nc1C(=O)O. The zero-order valence-electron chi connectivity index (χ0n) is 7.87. The van der Waals surface area contributed by atoms with E-state index in [1.54, 1.807) is 6.07 Å². The van der Waals surface area contributed by atoms with Crippen molar-refractivity contribution in [3.8, 4) is 5.88 Å². The lowest BCUT2D eigenvalue weighted by Gasteiger charge is -2.07. The summed E-state index contributed by atoms with van der Waals surface area (Å²) >= 11 is 3.25. The van der Waals surface area contributed by atoms with Crippen LogP contribution >= 0.6 is 15.9 Å². The Labute approximate surface area is 90.0 Å². The van der Waals surface area contributed by atoms with Crippen LogP contribution in [-0.2, 0) is 6.42 Å². The average Bonchev–Trinajstić information content (AvgIpc) is 2.16. The minimum Gasteiger partial charge on any atom is -0.480 e. The van der Waals surface area contributed by atoms with Crippen molar-refractivity contribution in [1.82, 2.24) is 4.98 Å². The molecule has 0 aromatic carbocycles. The van der Waals surface area contributed by atoms with Crippen molar-refractivity contribution < 1.29 is 14.6 Å². The first-order valence-electron chi connectivity index (χ1n) is 4.06. The molecule has 0 aliphatic rings. The van der Waals surface area contributed by atoms with E-state index < -0.39 is 5.97 Å². The van der Waals surface area contributed by atoms with Crippen molar-refractivity contribution in [1.29, 1.82) is 0 Å². The minimum atomic E-state index is -1.03. The second-order valence-corrected chi connectivity index (χ2v) is 3.50. The summed E-state index contributed by atoms with van der Waals surface area (Å²) in [6.45, 7) is 1.88. The van der Waals surface area contributed by atoms with Gasteiger partial charge in [-0.15, -0.1) is 0 Å². The Morgan fingerprint density at radius 1 is 1.71 bits per heavy atom. The summed E-state index contributed by atoms with van der Waals surface area (Å²) in [5, 5.41) is 8.87. The quantitative estimate of drug-likeness (QED) is 0.904. The van der Waals surface area contributed by atoms with Gasteiger partial charge in [0.25, 0.3) is 0 Å². The number of methoxy groups -OCH3 is 1. The van der Waals surface area contributed by atoms with Crippen LogP contribution in [0.2, 0.25) is 0 Å². The number of aromatic nitrogens is 1. The molecule has 0 aliphatic heterocycles. The highest BCUT2D eigenvalue weighted by atomic mass is 79.9. The summed E-state index contributed by atoms with van der Waals surface area (Å²) in [6.07, 6.45) is 0.622. The Balaban J connectivity index is 3.32. The zero-order chi connectivity index (χ0) is 10.7. The average molecular weight is 260 g/mol. The third-order valence-electron chi connectivity index (χ3n) is 1.80. The first-order valence-corrected chi connectivity index (χ1v) is 4.86. The summed E-state index contributed by atoms with van der Waals surface area (Å²) < 4.78 is 5.58. The molecule has 1 N–H and O–H groups in total. The molecule has 0 aliphatic carbocycles. The van der Waals surface area contributed by atoms with E-state index in [0.717, 1.165) is 0 Å². The van der Waals surface area contributed by atoms with Crippen molar-refractivity contribution in [3.05, 3.63) is 21.8 Å². The van der Waals surface area contributed by atoms with Crippen LogP contribution in [0.15, 0.2) is 10.5 Å². The molecular formula is C9H10BrNO3. The van der Waals surface area contributed by atoms with Crippen LogP contribution in [-0.4, -0.2) is 23.2 Å². The fraction of sp³-hybridized carbons (Fsp3) is 0.333. The Hall–Kier alpha value is -1.10. The predicted octanol–water partition coefficient (Wildman–Crippen LogP) is 2.11. The van der Waals surface area contributed by atoms with Crippen LogP contribution in [0.5, 0.6) is 5.88 Å². The van der Waals surface area contributed by atoms with Gasteiger partial charge in [0, 0.05) is 0 Å². The summed E-state index contributed by atoms with van der Waals surface area (Å²) in [4.78, 5) is 14.7. The van der Waals surface area contributed by atoms with Gasteiger partial charge in [0.1, 0.15) is 0 Å². The number of aryl methyl sites for hydroxylation is 1. The van der Waals surface area contributed by atoms with Gasteiger partial charge in [0.15, 0.2) is 5.69 Å². The first-order chi connectivity index (χ1) is 6.60. The van der Waals surface area contributed by atoms with Crippen molar-refractivity contribution >= 4 is 21.9 Å². The third kappa shape index (κ3) is 2.04. The molecule has 0 amide bonds. The molecule has 0 bridgehead atoms. The van der Waals surface area contributed by atoms with E-state index in [-0.39, 0.29) is 5.69 Å². The van der Waals surface area contributed by atoms with Crippen molar-refractivity contribution in [2.24, 2.45) is 0 Å². The second kappa shape index (κ2) is 4.41. The smallest absolute Gasteiger partial charge is 0.354 e. The Bertz CT molecular complexity index is 365. The molecule has 1 heterocycles. The van der Waals surface area contributed by atoms with E-state index in [9.17, 15) is 4.79 Å². The Morgan fingerprint density at radius 2 is 2.36 bits per heavy atom. The lowest BCUT2D eigenvalue weighted by atomic mass is 10.1. The first kappa shape index (κ1) is 11.0. The van der Waals surface area contributed by atoms with Gasteiger partial charge in [-0.05, 0) is 34.0 Å². The maximum Gasteiger partial charge on any atom is 0.354 e. The van der Waals surface area contributed by atoms with Crippen LogP contribution < -0.4 is 4.74 Å². The van der Waals surface area contributed by atoms with Gasteiger partial charge in [-0.2, -0.15) is 0 Å². The molecule has 5 heteroatoms. The van der Waals surface area contributed by atoms with E-state index in [1.165, 1.54) is 7.11 Å². The molecule has 0 radical (unpaired) electrons. The molecule has 0 saturated carbocycles. The van der Waals surface area contributed by atoms with Gasteiger partial charge in [-0.25, -0.2) is 9.78 Å². The minimum absolute atomic E-state index is 0.0487. The maximum absolute atomic E-state index is 10.8. The number of hydrogen-bond acceptors (Lipinski definition) is 3. The van der Waals surface area contributed by atoms with Gasteiger partial charge >= 0.3 is 5.97 Å². The number of nitrogens with zero attached hydrogens (tertiary/aromatic N) is 1. The number of aromatic carboxylic acids is 1. The second-order valence-electron chi connectivity index (χ2n) is 2.65. The highest BCUT2D eigenvalue weighted by Crippen LogP contribution is 2.25. The van der Waals surface area contributed by atoms with Crippen LogP contribution in [0.1, 0.15) is 23.0 Å². The largest absolute Gasteiger partial charge is 0.480 e. The molecule has 76 valence electrons. The van der Waals surface area contributed by atoms with Gasteiger partial charge < -0.3 is 9.84 Å². The van der Waals surface area contributed by atoms with Crippen molar-refractivity contribution in [2.45, 2.75) is 13.3 Å². The predicted molar refractivity (Wildman–Crippen MR) is 54.8 cm³/mol. The lowest BCUT2D eigenvalue weighted by molar-refractivity contribution is 0.0688. The number of carboxylic acids is 1. The number of ether oxygens (including phenoxy) is 1. The van der Waals surface area contributed by atoms with E-state index in [2.05, 4.69) is 20.9 Å². The third-order valence-corrected chi connectivity index (χ3v) is 2.37. The standard InChI is InChI=1S/C9H10BrNO3/c1-3-5-4-6(10)8(14-2)11-7(5)9(12)13/h4H,3H2,1-2H3,(H,12,13). The van der Waals surface area contributed by atoms with Crippen LogP contribution in [0, 0.1) is 0 Å². The maximum atomic E-state index is 10.8. The number of halogens is 1. The number of hydrogen-bond donors (Lipinski definition) is 1. The summed E-state index contributed by atoms with van der Waals surface area (Å²) in [5.41, 5.74) is 0.734. The van der Waals surface area contributed by atoms with Crippen molar-refractivity contribution in [3.63, 3.8) is 0 Å². The van der Waals surface area contributed by atoms with Gasteiger partial charge in [0.05, 0.1) is 11.6 Å². The van der Waals surface area contributed by atoms with E-state index >= 15 is 0 Å². The number of pyridine rings is 1. The number of carboxylic acid groups (broad SMARTS) is 1. The molecule has 0 fully saturated rings. The Kier molecular flexibility index (Phi) is 3.46. The van der Waals surface area contributed by atoms with Gasteiger partial charge in [-0.1, -0.05) is 6.92 Å². The van der Waals surface area contributed by atoms with Crippen LogP contribution in [0.25, 0.3) is 0 Å². The fourth-order valence-corrected chi connectivity index (χ4v) is 1.63. The molecular weight excluding hydrogens is 250 g/mol. The summed E-state index contributed by atoms with van der Waals surface area (Å²) in [7, 11) is 1.45. The molecule has 1 aromatic rings. The van der Waals surface area contributed by atoms with Gasteiger partial charge in [-0.3, -0.25) is 0 Å². The molecule has 0 saturated heterocycles. The number of carbonyl (C=O) groups is 1. The van der Waals surface area contributed by atoms with E-state index in [0.29, 0.717) is 22.3 Å². The molecule has 1 aromatic heterocycles. The lowest BCUT2D eigenvalue weighted by Crippen LogP contribution is -2.06. The summed E-state index contributed by atoms with van der Waals surface area (Å²) in [5.74, 6) is -0.743. The highest BCUT2D eigenvalue weighted by Gasteiger charge is 2.14. The van der Waals surface area contributed by atoms with Crippen molar-refractivity contribution in [2.75, 3.05) is 7.11 Å². The van der Waals surface area contributed by atoms with Crippen LogP contribution in [0.3, 0.4) is 0 Å². The molecule has 0 spiro atoms. The highest BCUT2D eigenvalue weighted by molar-refractivity contribution is 9.10. The topological polar surface area (TPSA) is 59.4 Å². The molecule has 1 rings (SSSR count). The van der Waals surface area contributed by atoms with Crippen LogP contribution in [0.4, 0.5) is 0 Å². The molecule has 0 unspecified atom stereocenters.